The smallest absolute Gasteiger partial charge is 0.364 e. The number of benzene rings is 2. The zero-order chi connectivity index (χ0) is 27.2. The van der Waals surface area contributed by atoms with Crippen molar-refractivity contribution in [2.45, 2.75) is 19.6 Å². The minimum Gasteiger partial charge on any atom is -0.364 e. The molecule has 192 valence electrons. The zero-order valence-corrected chi connectivity index (χ0v) is 19.3. The van der Waals surface area contributed by atoms with Crippen LogP contribution in [0.3, 0.4) is 0 Å². The quantitative estimate of drug-likeness (QED) is 0.338. The number of pyridine rings is 1. The Labute approximate surface area is 208 Å². The Balaban J connectivity index is 1.80. The number of anilines is 1. The third kappa shape index (κ3) is 5.07. The van der Waals surface area contributed by atoms with E-state index in [2.05, 4.69) is 15.4 Å². The molecule has 37 heavy (non-hydrogen) atoms. The van der Waals surface area contributed by atoms with E-state index in [1.54, 1.807) is 0 Å². The van der Waals surface area contributed by atoms with Crippen LogP contribution < -0.4 is 11.1 Å². The molecule has 0 aliphatic rings. The van der Waals surface area contributed by atoms with Crippen molar-refractivity contribution in [3.8, 4) is 0 Å². The van der Waals surface area contributed by atoms with Crippen molar-refractivity contribution in [3.63, 3.8) is 0 Å². The Hall–Kier alpha value is -4.13. The topological polar surface area (TPSA) is 103 Å². The fourth-order valence-electron chi connectivity index (χ4n) is 3.58. The van der Waals surface area contributed by atoms with E-state index in [0.29, 0.717) is 0 Å². The van der Waals surface area contributed by atoms with Gasteiger partial charge in [-0.25, -0.2) is 18.2 Å². The van der Waals surface area contributed by atoms with Gasteiger partial charge in [0.1, 0.15) is 11.5 Å². The normalized spacial score (nSPS) is 11.7. The number of nitrogens with zero attached hydrogens (tertiary/aromatic N) is 3. The van der Waals surface area contributed by atoms with Gasteiger partial charge in [0.2, 0.25) is 0 Å². The molecule has 0 saturated carbocycles. The summed E-state index contributed by atoms with van der Waals surface area (Å²) in [6.45, 7) is 0.852. The summed E-state index contributed by atoms with van der Waals surface area (Å²) in [6.07, 6.45) is -5.02. The molecule has 0 fully saturated rings. The molecule has 0 aliphatic heterocycles. The van der Waals surface area contributed by atoms with Crippen molar-refractivity contribution in [1.82, 2.24) is 14.8 Å². The van der Waals surface area contributed by atoms with E-state index in [4.69, 9.17) is 17.3 Å². The number of halogens is 7. The molecule has 2 aromatic heterocycles. The van der Waals surface area contributed by atoms with E-state index in [1.165, 1.54) is 13.0 Å². The summed E-state index contributed by atoms with van der Waals surface area (Å²) in [5, 5.41) is 5.18. The number of amides is 2. The molecule has 3 N–H and O–H groups in total. The first-order valence-electron chi connectivity index (χ1n) is 10.3. The van der Waals surface area contributed by atoms with Gasteiger partial charge in [-0.05, 0) is 36.8 Å². The van der Waals surface area contributed by atoms with Crippen molar-refractivity contribution in [1.29, 1.82) is 0 Å². The van der Waals surface area contributed by atoms with Gasteiger partial charge in [-0.15, -0.1) is 0 Å². The molecule has 0 saturated heterocycles. The Morgan fingerprint density at radius 2 is 1.76 bits per heavy atom. The van der Waals surface area contributed by atoms with Gasteiger partial charge >= 0.3 is 6.18 Å². The molecular formula is C23H14ClF6N5O2. The van der Waals surface area contributed by atoms with Crippen LogP contribution in [0.15, 0.2) is 36.4 Å². The van der Waals surface area contributed by atoms with Gasteiger partial charge in [0, 0.05) is 11.5 Å². The van der Waals surface area contributed by atoms with Gasteiger partial charge in [0.15, 0.2) is 17.3 Å². The molecule has 0 spiro atoms. The highest BCUT2D eigenvalue weighted by Crippen LogP contribution is 2.37. The standard InChI is InChI=1S/C23H14ClF6N5O2/c1-9-19(20(23(28,29)30)34-35(9)8-10-2-3-14(25)16(27)4-10)33-22(37)12-6-18(21(31)36)32-17-7-15(26)13(24)5-11(12)17/h2-7H,8H2,1H3,(H2,31,36)(H,33,37). The van der Waals surface area contributed by atoms with E-state index in [1.807, 2.05) is 0 Å². The predicted molar refractivity (Wildman–Crippen MR) is 121 cm³/mol. The van der Waals surface area contributed by atoms with E-state index in [9.17, 15) is 35.9 Å². The van der Waals surface area contributed by atoms with Crippen molar-refractivity contribution in [2.24, 2.45) is 5.73 Å². The van der Waals surface area contributed by atoms with E-state index in [0.717, 1.165) is 35.0 Å². The molecule has 4 aromatic rings. The zero-order valence-electron chi connectivity index (χ0n) is 18.6. The average molecular weight is 542 g/mol. The minimum absolute atomic E-state index is 0.0608. The fraction of sp³-hybridized carbons (Fsp3) is 0.130. The van der Waals surface area contributed by atoms with Crippen LogP contribution in [0.5, 0.6) is 0 Å². The van der Waals surface area contributed by atoms with Crippen molar-refractivity contribution < 1.29 is 35.9 Å². The molecule has 2 amide bonds. The molecule has 0 aliphatic carbocycles. The average Bonchev–Trinajstić information content (AvgIpc) is 3.11. The van der Waals surface area contributed by atoms with Gasteiger partial charge in [0.25, 0.3) is 11.8 Å². The third-order valence-corrected chi connectivity index (χ3v) is 5.67. The Morgan fingerprint density at radius 3 is 2.38 bits per heavy atom. The van der Waals surface area contributed by atoms with Crippen molar-refractivity contribution in [2.75, 3.05) is 5.32 Å². The van der Waals surface area contributed by atoms with Crippen LogP contribution in [-0.2, 0) is 12.7 Å². The van der Waals surface area contributed by atoms with Gasteiger partial charge in [-0.2, -0.15) is 18.3 Å². The second-order valence-electron chi connectivity index (χ2n) is 7.87. The van der Waals surface area contributed by atoms with Gasteiger partial charge in [0.05, 0.1) is 34.0 Å². The largest absolute Gasteiger partial charge is 0.437 e. The first kappa shape index (κ1) is 25.9. The lowest BCUT2D eigenvalue weighted by Gasteiger charge is -2.12. The van der Waals surface area contributed by atoms with Crippen LogP contribution in [0.25, 0.3) is 10.9 Å². The van der Waals surface area contributed by atoms with Gasteiger partial charge in [-0.3, -0.25) is 14.3 Å². The summed E-state index contributed by atoms with van der Waals surface area (Å²) < 4.78 is 83.0. The number of fused-ring (bicyclic) bond motifs is 1. The first-order valence-corrected chi connectivity index (χ1v) is 10.6. The lowest BCUT2D eigenvalue weighted by Crippen LogP contribution is -2.19. The highest BCUT2D eigenvalue weighted by Gasteiger charge is 2.39. The summed E-state index contributed by atoms with van der Waals surface area (Å²) >= 11 is 5.80. The van der Waals surface area contributed by atoms with Crippen LogP contribution in [0.4, 0.5) is 32.0 Å². The third-order valence-electron chi connectivity index (χ3n) is 5.38. The molecule has 14 heteroatoms. The van der Waals surface area contributed by atoms with E-state index >= 15 is 0 Å². The summed E-state index contributed by atoms with van der Waals surface area (Å²) in [5.41, 5.74) is 2.00. The maximum atomic E-state index is 14.0. The van der Waals surface area contributed by atoms with E-state index < -0.39 is 57.5 Å². The van der Waals surface area contributed by atoms with Crippen molar-refractivity contribution in [3.05, 3.63) is 87.1 Å². The van der Waals surface area contributed by atoms with Crippen molar-refractivity contribution >= 4 is 40.0 Å². The first-order chi connectivity index (χ1) is 17.3. The van der Waals surface area contributed by atoms with E-state index in [-0.39, 0.29) is 34.3 Å². The number of primary amides is 1. The Morgan fingerprint density at radius 1 is 1.05 bits per heavy atom. The predicted octanol–water partition coefficient (Wildman–Crippen LogP) is 5.23. The summed E-state index contributed by atoms with van der Waals surface area (Å²) in [5.74, 6) is -5.44. The molecule has 0 atom stereocenters. The SMILES string of the molecule is Cc1c(NC(=O)c2cc(C(N)=O)nc3cc(F)c(Cl)cc23)c(C(F)(F)F)nn1Cc1ccc(F)c(F)c1. The number of carbonyl (C=O) groups excluding carboxylic acids is 2. The number of aromatic nitrogens is 3. The minimum atomic E-state index is -5.02. The highest BCUT2D eigenvalue weighted by atomic mass is 35.5. The lowest BCUT2D eigenvalue weighted by molar-refractivity contribution is -0.140. The maximum absolute atomic E-state index is 14.0. The van der Waals surface area contributed by atoms with Gasteiger partial charge in [-0.1, -0.05) is 17.7 Å². The van der Waals surface area contributed by atoms with Crippen LogP contribution in [0, 0.1) is 24.4 Å². The number of alkyl halides is 3. The molecule has 7 nitrogen and oxygen atoms in total. The van der Waals surface area contributed by atoms with Crippen LogP contribution >= 0.6 is 11.6 Å². The number of rotatable bonds is 5. The lowest BCUT2D eigenvalue weighted by atomic mass is 10.1. The fourth-order valence-corrected chi connectivity index (χ4v) is 3.74. The number of nitrogens with two attached hydrogens (primary N) is 1. The summed E-state index contributed by atoms with van der Waals surface area (Å²) in [7, 11) is 0. The number of nitrogens with one attached hydrogen (secondary N) is 1. The maximum Gasteiger partial charge on any atom is 0.437 e. The number of carbonyl (C=O) groups is 2. The monoisotopic (exact) mass is 541 g/mol. The second kappa shape index (κ2) is 9.39. The Bertz CT molecular complexity index is 1580. The molecule has 2 aromatic carbocycles. The number of hydrogen-bond donors (Lipinski definition) is 2. The summed E-state index contributed by atoms with van der Waals surface area (Å²) in [6, 6.07) is 5.59. The molecule has 4 rings (SSSR count). The van der Waals surface area contributed by atoms with Crippen LogP contribution in [0.1, 0.15) is 37.8 Å². The second-order valence-corrected chi connectivity index (χ2v) is 8.28. The molecule has 0 bridgehead atoms. The van der Waals surface area contributed by atoms with Crippen LogP contribution in [-0.4, -0.2) is 26.6 Å². The van der Waals surface area contributed by atoms with Gasteiger partial charge < -0.3 is 11.1 Å². The highest BCUT2D eigenvalue weighted by molar-refractivity contribution is 6.31. The number of hydrogen-bond acceptors (Lipinski definition) is 4. The molecule has 0 radical (unpaired) electrons. The molecule has 2 heterocycles. The van der Waals surface area contributed by atoms with Crippen LogP contribution in [0.2, 0.25) is 5.02 Å². The molecular weight excluding hydrogens is 528 g/mol. The molecule has 0 unspecified atom stereocenters. The Kier molecular flexibility index (Phi) is 6.59. The summed E-state index contributed by atoms with van der Waals surface area (Å²) in [4.78, 5) is 28.7.